The number of nitrogens with one attached hydrogen (secondary N) is 2. The lowest BCUT2D eigenvalue weighted by Crippen LogP contribution is -2.34. The molecule has 0 fully saturated rings. The number of H-pyrrole nitrogens is 1. The lowest BCUT2D eigenvalue weighted by Gasteiger charge is -2.08. The smallest absolute Gasteiger partial charge is 0.334 e. The molecular weight excluding hydrogens is 441 g/mol. The van der Waals surface area contributed by atoms with Crippen molar-refractivity contribution in [3.05, 3.63) is 91.4 Å². The van der Waals surface area contributed by atoms with Crippen molar-refractivity contribution in [2.24, 2.45) is 0 Å². The molecule has 9 heteroatoms. The van der Waals surface area contributed by atoms with Crippen LogP contribution in [0.15, 0.2) is 68.8 Å². The van der Waals surface area contributed by atoms with Crippen LogP contribution in [0.1, 0.15) is 5.56 Å². The number of halogens is 2. The summed E-state index contributed by atoms with van der Waals surface area (Å²) in [6, 6.07) is 13.2. The van der Waals surface area contributed by atoms with E-state index in [1.165, 1.54) is 24.4 Å². The highest BCUT2D eigenvalue weighted by Crippen LogP contribution is 2.13. The molecule has 0 aliphatic rings. The summed E-state index contributed by atoms with van der Waals surface area (Å²) in [4.78, 5) is 36.1. The van der Waals surface area contributed by atoms with Crippen LogP contribution in [-0.2, 0) is 6.42 Å². The van der Waals surface area contributed by atoms with E-state index in [0.717, 1.165) is 27.1 Å². The average molecular weight is 456 g/mol. The molecule has 0 aliphatic carbocycles. The Morgan fingerprint density at radius 1 is 1.14 bits per heavy atom. The fourth-order valence-electron chi connectivity index (χ4n) is 2.95. The Kier molecular flexibility index (Phi) is 5.22. The number of nitrogens with zero attached hydrogens (tertiary/aromatic N) is 3. The van der Waals surface area contributed by atoms with Gasteiger partial charge in [0.15, 0.2) is 5.65 Å². The van der Waals surface area contributed by atoms with Gasteiger partial charge in [0.2, 0.25) is 5.95 Å². The summed E-state index contributed by atoms with van der Waals surface area (Å²) < 4.78 is 15.3. The van der Waals surface area contributed by atoms with E-state index in [0.29, 0.717) is 12.5 Å². The monoisotopic (exact) mass is 455 g/mol. The van der Waals surface area contributed by atoms with E-state index < -0.39 is 17.1 Å². The van der Waals surface area contributed by atoms with Gasteiger partial charge in [-0.1, -0.05) is 34.1 Å². The van der Waals surface area contributed by atoms with Crippen LogP contribution < -0.4 is 16.6 Å². The number of aromatic nitrogens is 4. The molecule has 0 aliphatic heterocycles. The molecule has 7 nitrogen and oxygen atoms in total. The molecule has 146 valence electrons. The van der Waals surface area contributed by atoms with Crippen molar-refractivity contribution < 1.29 is 4.39 Å². The van der Waals surface area contributed by atoms with E-state index in [2.05, 4.69) is 36.2 Å². The largest absolute Gasteiger partial charge is 0.354 e. The Morgan fingerprint density at radius 3 is 2.76 bits per heavy atom. The van der Waals surface area contributed by atoms with Crippen molar-refractivity contribution in [3.63, 3.8) is 0 Å². The van der Waals surface area contributed by atoms with Crippen LogP contribution in [-0.4, -0.2) is 26.1 Å². The van der Waals surface area contributed by atoms with E-state index in [9.17, 15) is 14.0 Å². The fourth-order valence-corrected chi connectivity index (χ4v) is 3.40. The molecule has 2 heterocycles. The number of hydrogen-bond acceptors (Lipinski definition) is 5. The first-order chi connectivity index (χ1) is 14.0. The van der Waals surface area contributed by atoms with Crippen LogP contribution >= 0.6 is 15.9 Å². The molecule has 0 amide bonds. The van der Waals surface area contributed by atoms with Gasteiger partial charge in [0.25, 0.3) is 5.56 Å². The predicted molar refractivity (Wildman–Crippen MR) is 112 cm³/mol. The van der Waals surface area contributed by atoms with E-state index in [4.69, 9.17) is 0 Å². The number of anilines is 1. The van der Waals surface area contributed by atoms with E-state index >= 15 is 0 Å². The van der Waals surface area contributed by atoms with Gasteiger partial charge < -0.3 is 5.32 Å². The van der Waals surface area contributed by atoms with Gasteiger partial charge in [0.1, 0.15) is 11.2 Å². The quantitative estimate of drug-likeness (QED) is 0.482. The Labute approximate surface area is 172 Å². The van der Waals surface area contributed by atoms with Crippen molar-refractivity contribution in [1.82, 2.24) is 19.5 Å². The van der Waals surface area contributed by atoms with Gasteiger partial charge in [-0.15, -0.1) is 0 Å². The first kappa shape index (κ1) is 19.0. The minimum absolute atomic E-state index is 0.118. The highest BCUT2D eigenvalue weighted by atomic mass is 79.9. The normalized spacial score (nSPS) is 11.0. The Morgan fingerprint density at radius 2 is 1.97 bits per heavy atom. The number of fused-ring (bicyclic) bond motifs is 1. The molecule has 0 radical (unpaired) electrons. The van der Waals surface area contributed by atoms with E-state index in [1.54, 1.807) is 0 Å². The topological polar surface area (TPSA) is 92.7 Å². The summed E-state index contributed by atoms with van der Waals surface area (Å²) in [7, 11) is 0. The lowest BCUT2D eigenvalue weighted by atomic mass is 10.1. The summed E-state index contributed by atoms with van der Waals surface area (Å²) >= 11 is 3.43. The third-order valence-electron chi connectivity index (χ3n) is 4.30. The van der Waals surface area contributed by atoms with Crippen LogP contribution in [0.4, 0.5) is 10.3 Å². The van der Waals surface area contributed by atoms with E-state index in [1.807, 2.05) is 24.3 Å². The third kappa shape index (κ3) is 4.09. The molecule has 0 atom stereocenters. The second kappa shape index (κ2) is 7.96. The van der Waals surface area contributed by atoms with Gasteiger partial charge in [-0.05, 0) is 42.3 Å². The van der Waals surface area contributed by atoms with Crippen molar-refractivity contribution in [2.75, 3.05) is 11.9 Å². The number of hydrogen-bond donors (Lipinski definition) is 2. The molecule has 0 bridgehead atoms. The van der Waals surface area contributed by atoms with Gasteiger partial charge in [0, 0.05) is 17.2 Å². The summed E-state index contributed by atoms with van der Waals surface area (Å²) in [6.45, 7) is 0.576. The molecule has 0 spiro atoms. The highest BCUT2D eigenvalue weighted by molar-refractivity contribution is 9.10. The lowest BCUT2D eigenvalue weighted by molar-refractivity contribution is 0.626. The molecule has 4 aromatic rings. The average Bonchev–Trinajstić information content (AvgIpc) is 2.68. The zero-order chi connectivity index (χ0) is 20.4. The van der Waals surface area contributed by atoms with Gasteiger partial charge in [0.05, 0.1) is 5.69 Å². The van der Waals surface area contributed by atoms with Crippen LogP contribution in [0.25, 0.3) is 16.7 Å². The molecule has 0 unspecified atom stereocenters. The van der Waals surface area contributed by atoms with Gasteiger partial charge in [-0.25, -0.2) is 18.7 Å². The minimum atomic E-state index is -0.702. The van der Waals surface area contributed by atoms with Crippen LogP contribution in [0.5, 0.6) is 0 Å². The maximum Gasteiger partial charge on any atom is 0.334 e. The first-order valence-electron chi connectivity index (χ1n) is 8.77. The number of rotatable bonds is 5. The summed E-state index contributed by atoms with van der Waals surface area (Å²) in [5.41, 5.74) is 0.0722. The second-order valence-electron chi connectivity index (χ2n) is 6.31. The summed E-state index contributed by atoms with van der Waals surface area (Å²) in [5.74, 6) is -0.249. The molecular formula is C20H15BrFN5O2. The minimum Gasteiger partial charge on any atom is -0.354 e. The SMILES string of the molecule is O=c1[nH]c2nc(NCCc3cccc(Br)c3)ncc2c(=O)n1-c1cccc(F)c1. The maximum absolute atomic E-state index is 13.5. The van der Waals surface area contributed by atoms with Gasteiger partial charge in [-0.3, -0.25) is 9.78 Å². The Hall–Kier alpha value is -3.33. The standard InChI is InChI=1S/C20H15BrFN5O2/c21-13-4-1-3-12(9-13)7-8-23-19-24-11-16-17(25-19)26-20(29)27(18(16)28)15-6-2-5-14(22)10-15/h1-6,9-11H,7-8H2,(H2,23,24,25,26,29). The zero-order valence-electron chi connectivity index (χ0n) is 15.0. The third-order valence-corrected chi connectivity index (χ3v) is 4.80. The second-order valence-corrected chi connectivity index (χ2v) is 7.23. The van der Waals surface area contributed by atoms with Crippen molar-refractivity contribution >= 4 is 32.9 Å². The van der Waals surface area contributed by atoms with Crippen LogP contribution in [0, 0.1) is 5.82 Å². The summed E-state index contributed by atoms with van der Waals surface area (Å²) in [6.07, 6.45) is 2.09. The van der Waals surface area contributed by atoms with Crippen molar-refractivity contribution in [3.8, 4) is 5.69 Å². The molecule has 2 N–H and O–H groups in total. The van der Waals surface area contributed by atoms with Crippen LogP contribution in [0.3, 0.4) is 0 Å². The molecule has 0 saturated carbocycles. The van der Waals surface area contributed by atoms with Crippen LogP contribution in [0.2, 0.25) is 0 Å². The molecule has 0 saturated heterocycles. The molecule has 4 rings (SSSR count). The van der Waals surface area contributed by atoms with Crippen molar-refractivity contribution in [2.45, 2.75) is 6.42 Å². The molecule has 29 heavy (non-hydrogen) atoms. The fraction of sp³-hybridized carbons (Fsp3) is 0.100. The molecule has 2 aromatic heterocycles. The predicted octanol–water partition coefficient (Wildman–Crippen LogP) is 3.03. The Balaban J connectivity index is 1.61. The Bertz CT molecular complexity index is 1320. The van der Waals surface area contributed by atoms with Gasteiger partial charge in [-0.2, -0.15) is 4.98 Å². The zero-order valence-corrected chi connectivity index (χ0v) is 16.6. The first-order valence-corrected chi connectivity index (χ1v) is 9.57. The highest BCUT2D eigenvalue weighted by Gasteiger charge is 2.12. The van der Waals surface area contributed by atoms with E-state index in [-0.39, 0.29) is 16.7 Å². The summed E-state index contributed by atoms with van der Waals surface area (Å²) in [5, 5.41) is 3.21. The van der Waals surface area contributed by atoms with Gasteiger partial charge >= 0.3 is 5.69 Å². The maximum atomic E-state index is 13.5. The van der Waals surface area contributed by atoms with Crippen molar-refractivity contribution in [1.29, 1.82) is 0 Å². The molecule has 2 aromatic carbocycles. The number of benzene rings is 2. The number of aromatic amines is 1.